The van der Waals surface area contributed by atoms with Gasteiger partial charge in [-0.1, -0.05) is 91.0 Å². The summed E-state index contributed by atoms with van der Waals surface area (Å²) in [5.74, 6) is -0.677. The fourth-order valence-corrected chi connectivity index (χ4v) is 3.58. The van der Waals surface area contributed by atoms with Gasteiger partial charge < -0.3 is 19.3 Å². The summed E-state index contributed by atoms with van der Waals surface area (Å²) in [6.45, 7) is 0.844. The standard InChI is InChI=1S/C27H26O5/c28-23-16-24(30-17-20-10-4-1-5-11-20)26(31-18-21-12-6-2-7-13-21)27(25(23)29)32-19-22-14-8-3-9-15-22/h1-15,24,26,29H,16-19H2/t24-,26-/m1/s1. The molecular formula is C27H26O5. The molecule has 0 spiro atoms. The van der Waals surface area contributed by atoms with Crippen molar-refractivity contribution in [1.82, 2.24) is 0 Å². The van der Waals surface area contributed by atoms with E-state index >= 15 is 0 Å². The van der Waals surface area contributed by atoms with E-state index in [-0.39, 0.29) is 18.8 Å². The molecule has 4 rings (SSSR count). The molecule has 3 aromatic rings. The summed E-state index contributed by atoms with van der Waals surface area (Å²) in [7, 11) is 0. The molecular weight excluding hydrogens is 404 g/mol. The minimum absolute atomic E-state index is 0.0241. The van der Waals surface area contributed by atoms with Crippen LogP contribution in [0.5, 0.6) is 0 Å². The SMILES string of the molecule is O=C1C[C@@H](OCc2ccccc2)[C@@H](OCc2ccccc2)C(OCc2ccccc2)=C1O. The van der Waals surface area contributed by atoms with Crippen molar-refractivity contribution >= 4 is 5.78 Å². The molecule has 0 unspecified atom stereocenters. The van der Waals surface area contributed by atoms with E-state index in [0.717, 1.165) is 16.7 Å². The van der Waals surface area contributed by atoms with Crippen LogP contribution in [0.15, 0.2) is 103 Å². The van der Waals surface area contributed by atoms with Gasteiger partial charge in [0.25, 0.3) is 0 Å². The Bertz CT molecular complexity index is 1030. The molecule has 5 heteroatoms. The maximum absolute atomic E-state index is 12.5. The molecule has 1 aliphatic rings. The van der Waals surface area contributed by atoms with E-state index < -0.39 is 23.8 Å². The van der Waals surface area contributed by atoms with Gasteiger partial charge in [-0.05, 0) is 16.7 Å². The van der Waals surface area contributed by atoms with Crippen LogP contribution in [0.25, 0.3) is 0 Å². The van der Waals surface area contributed by atoms with E-state index in [0.29, 0.717) is 13.2 Å². The molecule has 32 heavy (non-hydrogen) atoms. The molecule has 2 atom stereocenters. The molecule has 0 saturated heterocycles. The van der Waals surface area contributed by atoms with Crippen LogP contribution >= 0.6 is 0 Å². The van der Waals surface area contributed by atoms with Gasteiger partial charge in [-0.15, -0.1) is 0 Å². The number of Topliss-reactive ketones (excluding diaryl/α,β-unsaturated/α-hetero) is 1. The van der Waals surface area contributed by atoms with Crippen LogP contribution in [0.3, 0.4) is 0 Å². The maximum atomic E-state index is 12.5. The topological polar surface area (TPSA) is 65.0 Å². The molecule has 164 valence electrons. The van der Waals surface area contributed by atoms with Gasteiger partial charge in [0.05, 0.1) is 19.3 Å². The fraction of sp³-hybridized carbons (Fsp3) is 0.222. The Morgan fingerprint density at radius 1 is 0.688 bits per heavy atom. The van der Waals surface area contributed by atoms with E-state index in [9.17, 15) is 9.90 Å². The lowest BCUT2D eigenvalue weighted by molar-refractivity contribution is -0.136. The molecule has 3 aromatic carbocycles. The van der Waals surface area contributed by atoms with Crippen molar-refractivity contribution in [1.29, 1.82) is 0 Å². The molecule has 0 amide bonds. The number of aliphatic hydroxyl groups excluding tert-OH is 1. The number of rotatable bonds is 9. The molecule has 1 aliphatic carbocycles. The third kappa shape index (κ3) is 5.63. The van der Waals surface area contributed by atoms with Gasteiger partial charge in [-0.2, -0.15) is 0 Å². The molecule has 0 fully saturated rings. The molecule has 0 bridgehead atoms. The van der Waals surface area contributed by atoms with Gasteiger partial charge in [-0.25, -0.2) is 0 Å². The second-order valence-corrected chi connectivity index (χ2v) is 7.67. The Kier molecular flexibility index (Phi) is 7.33. The van der Waals surface area contributed by atoms with Crippen molar-refractivity contribution in [3.63, 3.8) is 0 Å². The monoisotopic (exact) mass is 430 g/mol. The van der Waals surface area contributed by atoms with Crippen molar-refractivity contribution in [3.8, 4) is 0 Å². The lowest BCUT2D eigenvalue weighted by Gasteiger charge is -2.32. The van der Waals surface area contributed by atoms with Crippen LogP contribution in [-0.4, -0.2) is 23.1 Å². The molecule has 0 saturated carbocycles. The first-order chi connectivity index (χ1) is 15.7. The summed E-state index contributed by atoms with van der Waals surface area (Å²) in [4.78, 5) is 12.5. The average molecular weight is 431 g/mol. The lowest BCUT2D eigenvalue weighted by atomic mass is 9.96. The van der Waals surface area contributed by atoms with Gasteiger partial charge in [0.2, 0.25) is 5.78 Å². The molecule has 0 radical (unpaired) electrons. The number of aliphatic hydroxyl groups is 1. The third-order valence-corrected chi connectivity index (χ3v) is 5.30. The maximum Gasteiger partial charge on any atom is 0.203 e. The van der Waals surface area contributed by atoms with Crippen molar-refractivity contribution in [2.45, 2.75) is 38.4 Å². The summed E-state index contributed by atoms with van der Waals surface area (Å²) in [6, 6.07) is 29.1. The zero-order valence-corrected chi connectivity index (χ0v) is 17.7. The Hall–Kier alpha value is -3.41. The lowest BCUT2D eigenvalue weighted by Crippen LogP contribution is -2.41. The smallest absolute Gasteiger partial charge is 0.203 e. The number of carbonyl (C=O) groups excluding carboxylic acids is 1. The Morgan fingerprint density at radius 3 is 1.69 bits per heavy atom. The number of hydrogen-bond donors (Lipinski definition) is 1. The van der Waals surface area contributed by atoms with E-state index in [1.165, 1.54) is 0 Å². The second-order valence-electron chi connectivity index (χ2n) is 7.67. The number of benzene rings is 3. The third-order valence-electron chi connectivity index (χ3n) is 5.30. The van der Waals surface area contributed by atoms with Crippen LogP contribution in [0.4, 0.5) is 0 Å². The van der Waals surface area contributed by atoms with Crippen LogP contribution in [-0.2, 0) is 38.8 Å². The predicted octanol–water partition coefficient (Wildman–Crippen LogP) is 5.12. The number of ether oxygens (including phenoxy) is 3. The highest BCUT2D eigenvalue weighted by molar-refractivity contribution is 5.95. The van der Waals surface area contributed by atoms with Gasteiger partial charge in [0, 0.05) is 6.42 Å². The first kappa shape index (κ1) is 21.8. The summed E-state index contributed by atoms with van der Waals surface area (Å²) in [5.41, 5.74) is 2.90. The summed E-state index contributed by atoms with van der Waals surface area (Å²) in [6.07, 6.45) is -1.26. The normalized spacial score (nSPS) is 18.6. The zero-order chi connectivity index (χ0) is 22.2. The Balaban J connectivity index is 1.54. The quantitative estimate of drug-likeness (QED) is 0.511. The van der Waals surface area contributed by atoms with Crippen LogP contribution in [0.2, 0.25) is 0 Å². The number of carbonyl (C=O) groups is 1. The number of ketones is 1. The average Bonchev–Trinajstić information content (AvgIpc) is 2.85. The molecule has 0 aromatic heterocycles. The minimum atomic E-state index is -0.708. The number of hydrogen-bond acceptors (Lipinski definition) is 5. The largest absolute Gasteiger partial charge is 0.502 e. The van der Waals surface area contributed by atoms with E-state index in [1.54, 1.807) is 0 Å². The summed E-state index contributed by atoms with van der Waals surface area (Å²) >= 11 is 0. The highest BCUT2D eigenvalue weighted by Gasteiger charge is 2.39. The first-order valence-electron chi connectivity index (χ1n) is 10.6. The van der Waals surface area contributed by atoms with Crippen LogP contribution in [0.1, 0.15) is 23.1 Å². The van der Waals surface area contributed by atoms with Crippen molar-refractivity contribution in [2.24, 2.45) is 0 Å². The van der Waals surface area contributed by atoms with Crippen molar-refractivity contribution < 1.29 is 24.1 Å². The molecule has 1 N–H and O–H groups in total. The van der Waals surface area contributed by atoms with Gasteiger partial charge in [0.1, 0.15) is 12.7 Å². The molecule has 5 nitrogen and oxygen atoms in total. The minimum Gasteiger partial charge on any atom is -0.502 e. The van der Waals surface area contributed by atoms with Crippen molar-refractivity contribution in [3.05, 3.63) is 119 Å². The summed E-state index contributed by atoms with van der Waals surface area (Å²) in [5, 5.41) is 10.6. The molecule has 0 aliphatic heterocycles. The van der Waals surface area contributed by atoms with E-state index in [4.69, 9.17) is 14.2 Å². The Labute approximate surface area is 187 Å². The van der Waals surface area contributed by atoms with Gasteiger partial charge in [-0.3, -0.25) is 4.79 Å². The van der Waals surface area contributed by atoms with E-state index in [1.807, 2.05) is 91.0 Å². The summed E-state index contributed by atoms with van der Waals surface area (Å²) < 4.78 is 18.2. The fourth-order valence-electron chi connectivity index (χ4n) is 3.58. The van der Waals surface area contributed by atoms with Crippen molar-refractivity contribution in [2.75, 3.05) is 0 Å². The first-order valence-corrected chi connectivity index (χ1v) is 10.6. The highest BCUT2D eigenvalue weighted by atomic mass is 16.6. The zero-order valence-electron chi connectivity index (χ0n) is 17.7. The van der Waals surface area contributed by atoms with Gasteiger partial charge in [0.15, 0.2) is 11.5 Å². The molecule has 0 heterocycles. The highest BCUT2D eigenvalue weighted by Crippen LogP contribution is 2.30. The van der Waals surface area contributed by atoms with Crippen LogP contribution in [0, 0.1) is 0 Å². The van der Waals surface area contributed by atoms with E-state index in [2.05, 4.69) is 0 Å². The second kappa shape index (κ2) is 10.8. The van der Waals surface area contributed by atoms with Crippen LogP contribution < -0.4 is 0 Å². The van der Waals surface area contributed by atoms with Gasteiger partial charge >= 0.3 is 0 Å². The Morgan fingerprint density at radius 2 is 1.16 bits per heavy atom. The number of allylic oxidation sites excluding steroid dienone is 1. The predicted molar refractivity (Wildman–Crippen MR) is 121 cm³/mol.